The molecular formula is C18H24N2O3. The first-order valence-corrected chi connectivity index (χ1v) is 7.90. The highest BCUT2D eigenvalue weighted by Crippen LogP contribution is 2.26. The monoisotopic (exact) mass is 316 g/mol. The molecule has 1 aromatic heterocycles. The zero-order valence-corrected chi connectivity index (χ0v) is 13.9. The lowest BCUT2D eigenvalue weighted by atomic mass is 9.87. The average Bonchev–Trinajstić information content (AvgIpc) is 2.88. The fourth-order valence-corrected chi connectivity index (χ4v) is 2.41. The second-order valence-corrected chi connectivity index (χ2v) is 6.84. The molecule has 0 saturated heterocycles. The van der Waals surface area contributed by atoms with Crippen LogP contribution < -0.4 is 5.32 Å². The minimum Gasteiger partial charge on any atom is -0.481 e. The van der Waals surface area contributed by atoms with Crippen LogP contribution in [0.4, 0.5) is 0 Å². The van der Waals surface area contributed by atoms with Gasteiger partial charge < -0.3 is 15.4 Å². The molecule has 3 N–H and O–H groups in total. The van der Waals surface area contributed by atoms with Crippen LogP contribution in [-0.4, -0.2) is 28.5 Å². The summed E-state index contributed by atoms with van der Waals surface area (Å²) in [6.07, 6.45) is 1.36. The maximum atomic E-state index is 12.1. The van der Waals surface area contributed by atoms with Crippen molar-refractivity contribution in [1.29, 1.82) is 0 Å². The van der Waals surface area contributed by atoms with Gasteiger partial charge in [0.1, 0.15) is 5.69 Å². The number of benzene rings is 1. The number of nitrogens with one attached hydrogen (secondary N) is 2. The maximum absolute atomic E-state index is 12.1. The molecule has 2 rings (SSSR count). The van der Waals surface area contributed by atoms with Gasteiger partial charge in [-0.15, -0.1) is 0 Å². The highest BCUT2D eigenvalue weighted by molar-refractivity contribution is 5.98. The Hall–Kier alpha value is -2.30. The molecule has 124 valence electrons. The number of carboxylic acids is 1. The minimum absolute atomic E-state index is 0.0614. The van der Waals surface area contributed by atoms with Gasteiger partial charge in [-0.05, 0) is 36.0 Å². The Labute approximate surface area is 136 Å². The van der Waals surface area contributed by atoms with Gasteiger partial charge in [-0.2, -0.15) is 0 Å². The number of aromatic nitrogens is 1. The van der Waals surface area contributed by atoms with Crippen molar-refractivity contribution in [3.63, 3.8) is 0 Å². The fourth-order valence-electron chi connectivity index (χ4n) is 2.41. The van der Waals surface area contributed by atoms with E-state index in [-0.39, 0.29) is 17.7 Å². The molecule has 0 atom stereocenters. The molecule has 0 fully saturated rings. The number of carboxylic acid groups (broad SMARTS) is 1. The van der Waals surface area contributed by atoms with Crippen LogP contribution in [0.3, 0.4) is 0 Å². The summed E-state index contributed by atoms with van der Waals surface area (Å²) < 4.78 is 0. The molecule has 0 aliphatic heterocycles. The van der Waals surface area contributed by atoms with Gasteiger partial charge in [0, 0.05) is 23.9 Å². The number of fused-ring (bicyclic) bond motifs is 1. The lowest BCUT2D eigenvalue weighted by Crippen LogP contribution is -2.24. The number of hydrogen-bond acceptors (Lipinski definition) is 2. The smallest absolute Gasteiger partial charge is 0.303 e. The van der Waals surface area contributed by atoms with Crippen LogP contribution in [-0.2, 0) is 10.2 Å². The molecule has 1 heterocycles. The summed E-state index contributed by atoms with van der Waals surface area (Å²) in [5.41, 5.74) is 2.76. The van der Waals surface area contributed by atoms with E-state index in [0.29, 0.717) is 25.1 Å². The molecule has 1 amide bonds. The van der Waals surface area contributed by atoms with Crippen molar-refractivity contribution in [1.82, 2.24) is 10.3 Å². The van der Waals surface area contributed by atoms with Gasteiger partial charge in [-0.1, -0.05) is 32.9 Å². The number of aromatic amines is 1. The standard InChI is InChI=1S/C18H24N2O3/c1-18(2,3)13-8-7-12-10-15(20-14(12)11-13)17(23)19-9-5-4-6-16(21)22/h7-8,10-11,20H,4-6,9H2,1-3H3,(H,19,23)(H,21,22). The number of H-pyrrole nitrogens is 1. The Morgan fingerprint density at radius 3 is 2.57 bits per heavy atom. The van der Waals surface area contributed by atoms with Crippen LogP contribution in [0.25, 0.3) is 10.9 Å². The van der Waals surface area contributed by atoms with Gasteiger partial charge in [0.25, 0.3) is 5.91 Å². The lowest BCUT2D eigenvalue weighted by Gasteiger charge is -2.18. The summed E-state index contributed by atoms with van der Waals surface area (Å²) in [4.78, 5) is 25.7. The van der Waals surface area contributed by atoms with Crippen molar-refractivity contribution in [3.05, 3.63) is 35.5 Å². The van der Waals surface area contributed by atoms with E-state index in [0.717, 1.165) is 10.9 Å². The van der Waals surface area contributed by atoms with Crippen LogP contribution in [0.15, 0.2) is 24.3 Å². The Bertz CT molecular complexity index is 711. The van der Waals surface area contributed by atoms with Crippen molar-refractivity contribution < 1.29 is 14.7 Å². The molecule has 0 spiro atoms. The number of rotatable bonds is 6. The van der Waals surface area contributed by atoms with E-state index in [1.54, 1.807) is 0 Å². The van der Waals surface area contributed by atoms with Crippen molar-refractivity contribution in [2.45, 2.75) is 45.4 Å². The minimum atomic E-state index is -0.804. The third-order valence-corrected chi connectivity index (χ3v) is 3.84. The molecule has 0 bridgehead atoms. The summed E-state index contributed by atoms with van der Waals surface area (Å²) in [7, 11) is 0. The molecule has 0 unspecified atom stereocenters. The third-order valence-electron chi connectivity index (χ3n) is 3.84. The average molecular weight is 316 g/mol. The van der Waals surface area contributed by atoms with Crippen LogP contribution in [0.5, 0.6) is 0 Å². The Kier molecular flexibility index (Phi) is 5.08. The van der Waals surface area contributed by atoms with E-state index < -0.39 is 5.97 Å². The second kappa shape index (κ2) is 6.86. The van der Waals surface area contributed by atoms with Gasteiger partial charge >= 0.3 is 5.97 Å². The molecule has 5 heteroatoms. The predicted molar refractivity (Wildman–Crippen MR) is 90.8 cm³/mol. The van der Waals surface area contributed by atoms with Gasteiger partial charge in [0.15, 0.2) is 0 Å². The Balaban J connectivity index is 2.00. The molecule has 0 aliphatic carbocycles. The van der Waals surface area contributed by atoms with Gasteiger partial charge in [0.05, 0.1) is 0 Å². The normalized spacial score (nSPS) is 11.6. The number of unbranched alkanes of at least 4 members (excludes halogenated alkanes) is 1. The van der Waals surface area contributed by atoms with Gasteiger partial charge in [0.2, 0.25) is 0 Å². The molecule has 23 heavy (non-hydrogen) atoms. The van der Waals surface area contributed by atoms with E-state index in [9.17, 15) is 9.59 Å². The van der Waals surface area contributed by atoms with Gasteiger partial charge in [-0.25, -0.2) is 0 Å². The number of carbonyl (C=O) groups excluding carboxylic acids is 1. The molecule has 0 saturated carbocycles. The van der Waals surface area contributed by atoms with E-state index >= 15 is 0 Å². The van der Waals surface area contributed by atoms with Crippen LogP contribution in [0, 0.1) is 0 Å². The Morgan fingerprint density at radius 2 is 1.91 bits per heavy atom. The molecular weight excluding hydrogens is 292 g/mol. The van der Waals surface area contributed by atoms with Crippen molar-refractivity contribution >= 4 is 22.8 Å². The first kappa shape index (κ1) is 17.1. The van der Waals surface area contributed by atoms with E-state index in [4.69, 9.17) is 5.11 Å². The first-order valence-electron chi connectivity index (χ1n) is 7.90. The molecule has 0 aliphatic rings. The van der Waals surface area contributed by atoms with Crippen molar-refractivity contribution in [2.75, 3.05) is 6.54 Å². The number of aliphatic carboxylic acids is 1. The summed E-state index contributed by atoms with van der Waals surface area (Å²) in [6.45, 7) is 6.94. The SMILES string of the molecule is CC(C)(C)c1ccc2cc(C(=O)NCCCCC(=O)O)[nH]c2c1. The topological polar surface area (TPSA) is 82.2 Å². The largest absolute Gasteiger partial charge is 0.481 e. The predicted octanol–water partition coefficient (Wildman–Crippen LogP) is 3.45. The summed E-state index contributed by atoms with van der Waals surface area (Å²) >= 11 is 0. The summed E-state index contributed by atoms with van der Waals surface area (Å²) in [5, 5.41) is 12.4. The first-order chi connectivity index (χ1) is 10.8. The zero-order chi connectivity index (χ0) is 17.0. The number of hydrogen-bond donors (Lipinski definition) is 3. The van der Waals surface area contributed by atoms with E-state index in [2.05, 4.69) is 43.2 Å². The maximum Gasteiger partial charge on any atom is 0.303 e. The third kappa shape index (κ3) is 4.58. The molecule has 1 aromatic carbocycles. The highest BCUT2D eigenvalue weighted by atomic mass is 16.4. The quantitative estimate of drug-likeness (QED) is 0.714. The van der Waals surface area contributed by atoms with Crippen LogP contribution >= 0.6 is 0 Å². The fraction of sp³-hybridized carbons (Fsp3) is 0.444. The number of carbonyl (C=O) groups is 2. The second-order valence-electron chi connectivity index (χ2n) is 6.84. The summed E-state index contributed by atoms with van der Waals surface area (Å²) in [6, 6.07) is 8.03. The zero-order valence-electron chi connectivity index (χ0n) is 13.9. The molecule has 5 nitrogen and oxygen atoms in total. The van der Waals surface area contributed by atoms with E-state index in [1.165, 1.54) is 5.56 Å². The van der Waals surface area contributed by atoms with E-state index in [1.807, 2.05) is 12.1 Å². The lowest BCUT2D eigenvalue weighted by molar-refractivity contribution is -0.137. The van der Waals surface area contributed by atoms with Crippen LogP contribution in [0.1, 0.15) is 56.1 Å². The molecule has 0 radical (unpaired) electrons. The van der Waals surface area contributed by atoms with Crippen molar-refractivity contribution in [3.8, 4) is 0 Å². The van der Waals surface area contributed by atoms with Gasteiger partial charge in [-0.3, -0.25) is 9.59 Å². The summed E-state index contributed by atoms with van der Waals surface area (Å²) in [5.74, 6) is -0.963. The van der Waals surface area contributed by atoms with Crippen molar-refractivity contribution in [2.24, 2.45) is 0 Å². The Morgan fingerprint density at radius 1 is 1.17 bits per heavy atom. The number of amides is 1. The molecule has 2 aromatic rings. The highest BCUT2D eigenvalue weighted by Gasteiger charge is 2.15. The van der Waals surface area contributed by atoms with Crippen LogP contribution in [0.2, 0.25) is 0 Å².